The van der Waals surface area contributed by atoms with Crippen molar-refractivity contribution in [2.24, 2.45) is 0 Å². The molecule has 1 aromatic heterocycles. The van der Waals surface area contributed by atoms with Gasteiger partial charge in [-0.25, -0.2) is 23.1 Å². The molecule has 6 nitrogen and oxygen atoms in total. The van der Waals surface area contributed by atoms with E-state index in [0.717, 1.165) is 5.69 Å². The Kier molecular flexibility index (Phi) is 4.31. The average molecular weight is 292 g/mol. The van der Waals surface area contributed by atoms with Gasteiger partial charge in [-0.15, -0.1) is 0 Å². The van der Waals surface area contributed by atoms with Gasteiger partial charge in [0.15, 0.2) is 0 Å². The number of benzene rings is 1. The lowest BCUT2D eigenvalue weighted by Gasteiger charge is -2.10. The normalized spacial score (nSPS) is 11.6. The van der Waals surface area contributed by atoms with Gasteiger partial charge in [0, 0.05) is 24.1 Å². The second-order valence-electron chi connectivity index (χ2n) is 4.50. The third-order valence-electron chi connectivity index (χ3n) is 2.38. The maximum Gasteiger partial charge on any atom is 0.240 e. The fourth-order valence-electron chi connectivity index (χ4n) is 1.59. The number of nitrogens with one attached hydrogen (secondary N) is 2. The molecule has 0 saturated carbocycles. The first-order valence-corrected chi connectivity index (χ1v) is 7.62. The fourth-order valence-corrected chi connectivity index (χ4v) is 2.84. The molecule has 0 aliphatic carbocycles. The number of hydrogen-bond donors (Lipinski definition) is 2. The lowest BCUT2D eigenvalue weighted by Crippen LogP contribution is -2.30. The van der Waals surface area contributed by atoms with Crippen LogP contribution in [0.15, 0.2) is 47.6 Å². The predicted molar refractivity (Wildman–Crippen MR) is 77.2 cm³/mol. The zero-order chi connectivity index (χ0) is 14.6. The van der Waals surface area contributed by atoms with Gasteiger partial charge >= 0.3 is 0 Å². The molecule has 0 fully saturated rings. The molecule has 0 aliphatic heterocycles. The number of aromatic nitrogens is 2. The zero-order valence-corrected chi connectivity index (χ0v) is 12.1. The van der Waals surface area contributed by atoms with Gasteiger partial charge in [-0.2, -0.15) is 0 Å². The van der Waals surface area contributed by atoms with Crippen molar-refractivity contribution < 1.29 is 8.42 Å². The monoisotopic (exact) mass is 292 g/mol. The highest BCUT2D eigenvalue weighted by Gasteiger charge is 2.14. The Balaban J connectivity index is 2.14. The summed E-state index contributed by atoms with van der Waals surface area (Å²) in [6.45, 7) is 3.56. The Morgan fingerprint density at radius 1 is 1.05 bits per heavy atom. The van der Waals surface area contributed by atoms with Gasteiger partial charge in [0.25, 0.3) is 0 Å². The van der Waals surface area contributed by atoms with Gasteiger partial charge in [-0.3, -0.25) is 0 Å². The molecule has 0 bridgehead atoms. The minimum Gasteiger partial charge on any atom is -0.324 e. The summed E-state index contributed by atoms with van der Waals surface area (Å²) in [7, 11) is -3.46. The van der Waals surface area contributed by atoms with Gasteiger partial charge < -0.3 is 5.32 Å². The summed E-state index contributed by atoms with van der Waals surface area (Å²) in [5, 5.41) is 2.99. The number of anilines is 2. The van der Waals surface area contributed by atoms with E-state index in [-0.39, 0.29) is 10.9 Å². The lowest BCUT2D eigenvalue weighted by molar-refractivity contribution is 0.570. The smallest absolute Gasteiger partial charge is 0.240 e. The summed E-state index contributed by atoms with van der Waals surface area (Å²) in [4.78, 5) is 8.29. The van der Waals surface area contributed by atoms with Crippen LogP contribution >= 0.6 is 0 Å². The van der Waals surface area contributed by atoms with Gasteiger partial charge in [0.2, 0.25) is 16.0 Å². The largest absolute Gasteiger partial charge is 0.324 e. The first-order chi connectivity index (χ1) is 9.47. The van der Waals surface area contributed by atoms with Crippen LogP contribution in [-0.4, -0.2) is 24.4 Å². The van der Waals surface area contributed by atoms with E-state index in [0.29, 0.717) is 5.95 Å². The van der Waals surface area contributed by atoms with Crippen molar-refractivity contribution in [2.45, 2.75) is 24.8 Å². The van der Waals surface area contributed by atoms with E-state index < -0.39 is 10.0 Å². The highest BCUT2D eigenvalue weighted by molar-refractivity contribution is 7.89. The predicted octanol–water partition coefficient (Wildman–Crippen LogP) is 1.91. The molecule has 106 valence electrons. The summed E-state index contributed by atoms with van der Waals surface area (Å²) in [6.07, 6.45) is 3.25. The molecule has 0 aliphatic rings. The van der Waals surface area contributed by atoms with Crippen LogP contribution in [0.5, 0.6) is 0 Å². The first-order valence-electron chi connectivity index (χ1n) is 6.14. The average Bonchev–Trinajstić information content (AvgIpc) is 2.39. The number of hydrogen-bond acceptors (Lipinski definition) is 5. The molecule has 0 unspecified atom stereocenters. The van der Waals surface area contributed by atoms with Crippen molar-refractivity contribution in [1.82, 2.24) is 14.7 Å². The van der Waals surface area contributed by atoms with Crippen LogP contribution in [0.25, 0.3) is 0 Å². The van der Waals surface area contributed by atoms with Crippen molar-refractivity contribution in [1.29, 1.82) is 0 Å². The Morgan fingerprint density at radius 3 is 2.20 bits per heavy atom. The molecular formula is C13H16N4O2S. The molecule has 1 aromatic carbocycles. The summed E-state index contributed by atoms with van der Waals surface area (Å²) in [5.74, 6) is 0.461. The molecule has 0 radical (unpaired) electrons. The minimum absolute atomic E-state index is 0.143. The van der Waals surface area contributed by atoms with E-state index in [9.17, 15) is 8.42 Å². The van der Waals surface area contributed by atoms with Crippen molar-refractivity contribution in [2.75, 3.05) is 5.32 Å². The van der Waals surface area contributed by atoms with Crippen LogP contribution in [0.4, 0.5) is 11.6 Å². The maximum atomic E-state index is 12.0. The second-order valence-corrected chi connectivity index (χ2v) is 6.21. The summed E-state index contributed by atoms with van der Waals surface area (Å²) < 4.78 is 26.4. The molecule has 0 amide bonds. The Morgan fingerprint density at radius 2 is 1.65 bits per heavy atom. The highest BCUT2D eigenvalue weighted by atomic mass is 32.2. The SMILES string of the molecule is CC(C)NS(=O)(=O)c1ccc(Nc2ncccn2)cc1. The molecule has 2 aromatic rings. The molecule has 0 atom stereocenters. The third kappa shape index (κ3) is 3.75. The minimum atomic E-state index is -3.46. The highest BCUT2D eigenvalue weighted by Crippen LogP contribution is 2.16. The summed E-state index contributed by atoms with van der Waals surface area (Å²) in [5.41, 5.74) is 0.722. The molecule has 2 rings (SSSR count). The van der Waals surface area contributed by atoms with Gasteiger partial charge in [-0.1, -0.05) is 0 Å². The molecule has 1 heterocycles. The fraction of sp³-hybridized carbons (Fsp3) is 0.231. The van der Waals surface area contributed by atoms with Crippen LogP contribution in [0.2, 0.25) is 0 Å². The van der Waals surface area contributed by atoms with Crippen molar-refractivity contribution >= 4 is 21.7 Å². The van der Waals surface area contributed by atoms with Crippen LogP contribution in [0, 0.1) is 0 Å². The molecule has 7 heteroatoms. The summed E-state index contributed by atoms with van der Waals surface area (Å²) >= 11 is 0. The third-order valence-corrected chi connectivity index (χ3v) is 4.05. The molecule has 0 saturated heterocycles. The quantitative estimate of drug-likeness (QED) is 0.879. The molecule has 2 N–H and O–H groups in total. The van der Waals surface area contributed by atoms with Gasteiger partial charge in [0.05, 0.1) is 4.90 Å². The van der Waals surface area contributed by atoms with E-state index in [1.54, 1.807) is 44.4 Å². The van der Waals surface area contributed by atoms with E-state index in [2.05, 4.69) is 20.0 Å². The second kappa shape index (κ2) is 5.98. The van der Waals surface area contributed by atoms with Crippen molar-refractivity contribution in [3.63, 3.8) is 0 Å². The Hall–Kier alpha value is -1.99. The summed E-state index contributed by atoms with van der Waals surface area (Å²) in [6, 6.07) is 8.00. The number of nitrogens with zero attached hydrogens (tertiary/aromatic N) is 2. The topological polar surface area (TPSA) is 84.0 Å². The van der Waals surface area contributed by atoms with Gasteiger partial charge in [0.1, 0.15) is 0 Å². The standard InChI is InChI=1S/C13H16N4O2S/c1-10(2)17-20(18,19)12-6-4-11(5-7-12)16-13-14-8-3-9-15-13/h3-10,17H,1-2H3,(H,14,15,16). The van der Waals surface area contributed by atoms with Crippen LogP contribution < -0.4 is 10.0 Å². The molecular weight excluding hydrogens is 276 g/mol. The van der Waals surface area contributed by atoms with Crippen molar-refractivity contribution in [3.05, 3.63) is 42.7 Å². The van der Waals surface area contributed by atoms with E-state index >= 15 is 0 Å². The number of sulfonamides is 1. The zero-order valence-electron chi connectivity index (χ0n) is 11.2. The van der Waals surface area contributed by atoms with E-state index in [4.69, 9.17) is 0 Å². The maximum absolute atomic E-state index is 12.0. The van der Waals surface area contributed by atoms with Crippen LogP contribution in [-0.2, 0) is 10.0 Å². The Labute approximate surface area is 118 Å². The van der Waals surface area contributed by atoms with Crippen molar-refractivity contribution in [3.8, 4) is 0 Å². The molecule has 20 heavy (non-hydrogen) atoms. The van der Waals surface area contributed by atoms with Crippen LogP contribution in [0.3, 0.4) is 0 Å². The molecule has 0 spiro atoms. The number of rotatable bonds is 5. The van der Waals surface area contributed by atoms with E-state index in [1.807, 2.05) is 0 Å². The lowest BCUT2D eigenvalue weighted by atomic mass is 10.3. The van der Waals surface area contributed by atoms with Gasteiger partial charge in [-0.05, 0) is 44.2 Å². The van der Waals surface area contributed by atoms with E-state index in [1.165, 1.54) is 12.1 Å². The Bertz CT molecular complexity index is 655. The van der Waals surface area contributed by atoms with Crippen LogP contribution in [0.1, 0.15) is 13.8 Å². The first kappa shape index (κ1) is 14.4.